The predicted octanol–water partition coefficient (Wildman–Crippen LogP) is 5.11. The summed E-state index contributed by atoms with van der Waals surface area (Å²) in [5.74, 6) is -0.168. The Kier molecular flexibility index (Phi) is 9.51. The van der Waals surface area contributed by atoms with E-state index in [9.17, 15) is 13.2 Å². The summed E-state index contributed by atoms with van der Waals surface area (Å²) >= 11 is 1.51. The summed E-state index contributed by atoms with van der Waals surface area (Å²) < 4.78 is 28.6. The molecule has 36 heavy (non-hydrogen) atoms. The van der Waals surface area contributed by atoms with E-state index in [0.717, 1.165) is 42.4 Å². The fraction of sp³-hybridized carbons (Fsp3) is 0.462. The number of fused-ring (bicyclic) bond motifs is 1. The van der Waals surface area contributed by atoms with Crippen molar-refractivity contribution in [3.63, 3.8) is 0 Å². The average molecular weight is 551 g/mol. The molecule has 1 aliphatic rings. The molecule has 196 valence electrons. The largest absolute Gasteiger partial charge is 0.309 e. The zero-order chi connectivity index (χ0) is 25.2. The molecular formula is C26H35ClN4O3S2. The summed E-state index contributed by atoms with van der Waals surface area (Å²) in [6, 6.07) is 10.5. The van der Waals surface area contributed by atoms with Crippen LogP contribution in [-0.2, 0) is 10.0 Å². The van der Waals surface area contributed by atoms with Gasteiger partial charge in [0.25, 0.3) is 5.91 Å². The third kappa shape index (κ3) is 6.26. The summed E-state index contributed by atoms with van der Waals surface area (Å²) in [7, 11) is 0.488. The number of anilines is 1. The van der Waals surface area contributed by atoms with Crippen LogP contribution in [0.3, 0.4) is 0 Å². The number of hydrogen-bond donors (Lipinski definition) is 0. The normalized spacial score (nSPS) is 14.7. The standard InChI is InChI=1S/C26H34N4O3S2.ClH/c1-19-17-23-24(18-20(19)2)34-26(27-23)30(16-8-13-28(3)4)25(31)21-9-11-22(12-10-21)35(32,33)29-14-6-5-7-15-29;/h9-12,17-18H,5-8,13-16H2,1-4H3;1H. The number of halogens is 1. The predicted molar refractivity (Wildman–Crippen MR) is 150 cm³/mol. The average Bonchev–Trinajstić information content (AvgIpc) is 3.24. The maximum Gasteiger partial charge on any atom is 0.260 e. The van der Waals surface area contributed by atoms with E-state index in [4.69, 9.17) is 4.98 Å². The molecule has 0 radical (unpaired) electrons. The van der Waals surface area contributed by atoms with E-state index in [1.807, 2.05) is 14.1 Å². The van der Waals surface area contributed by atoms with Gasteiger partial charge in [-0.05, 0) is 101 Å². The molecule has 0 atom stereocenters. The van der Waals surface area contributed by atoms with Crippen molar-refractivity contribution in [3.05, 3.63) is 53.1 Å². The number of rotatable bonds is 8. The number of carbonyl (C=O) groups is 1. The van der Waals surface area contributed by atoms with Crippen LogP contribution in [0.5, 0.6) is 0 Å². The van der Waals surface area contributed by atoms with Gasteiger partial charge in [-0.2, -0.15) is 4.31 Å². The molecule has 0 spiro atoms. The van der Waals surface area contributed by atoms with Crippen molar-refractivity contribution in [2.24, 2.45) is 0 Å². The number of thiazole rings is 1. The highest BCUT2D eigenvalue weighted by molar-refractivity contribution is 7.89. The number of benzene rings is 2. The molecule has 2 aromatic carbocycles. The minimum atomic E-state index is -3.53. The van der Waals surface area contributed by atoms with Gasteiger partial charge in [0.1, 0.15) is 0 Å². The second-order valence-electron chi connectivity index (χ2n) is 9.50. The number of aryl methyl sites for hydroxylation is 2. The maximum absolute atomic E-state index is 13.6. The molecule has 1 fully saturated rings. The van der Waals surface area contributed by atoms with E-state index >= 15 is 0 Å². The van der Waals surface area contributed by atoms with Crippen molar-refractivity contribution in [2.45, 2.75) is 44.4 Å². The number of piperidine rings is 1. The lowest BCUT2D eigenvalue weighted by molar-refractivity contribution is 0.0986. The molecule has 3 aromatic rings. The van der Waals surface area contributed by atoms with Gasteiger partial charge in [-0.1, -0.05) is 17.8 Å². The van der Waals surface area contributed by atoms with Crippen LogP contribution in [0.4, 0.5) is 5.13 Å². The van der Waals surface area contributed by atoms with Gasteiger partial charge in [0.05, 0.1) is 15.1 Å². The summed E-state index contributed by atoms with van der Waals surface area (Å²) in [5, 5.41) is 0.666. The van der Waals surface area contributed by atoms with Gasteiger partial charge in [-0.3, -0.25) is 9.69 Å². The quantitative estimate of drug-likeness (QED) is 0.390. The Morgan fingerprint density at radius 2 is 1.64 bits per heavy atom. The first kappa shape index (κ1) is 28.5. The topological polar surface area (TPSA) is 73.8 Å². The Bertz CT molecular complexity index is 1260. The van der Waals surface area contributed by atoms with E-state index < -0.39 is 10.0 Å². The van der Waals surface area contributed by atoms with E-state index in [1.54, 1.807) is 33.5 Å². The van der Waals surface area contributed by atoms with Gasteiger partial charge in [-0.15, -0.1) is 12.4 Å². The molecule has 4 rings (SSSR count). The van der Waals surface area contributed by atoms with Crippen LogP contribution in [0, 0.1) is 13.8 Å². The molecule has 0 bridgehead atoms. The van der Waals surface area contributed by atoms with Crippen LogP contribution in [0.2, 0.25) is 0 Å². The highest BCUT2D eigenvalue weighted by atomic mass is 35.5. The molecule has 0 N–H and O–H groups in total. The molecule has 0 aliphatic carbocycles. The Morgan fingerprint density at radius 1 is 1.00 bits per heavy atom. The summed E-state index contributed by atoms with van der Waals surface area (Å²) in [6.07, 6.45) is 3.64. The highest BCUT2D eigenvalue weighted by Gasteiger charge is 2.27. The van der Waals surface area contributed by atoms with Crippen LogP contribution in [0.15, 0.2) is 41.3 Å². The number of carbonyl (C=O) groups excluding carboxylic acids is 1. The number of aromatic nitrogens is 1. The first-order valence-electron chi connectivity index (χ1n) is 12.1. The Labute approximate surface area is 224 Å². The van der Waals surface area contributed by atoms with Crippen molar-refractivity contribution < 1.29 is 13.2 Å². The fourth-order valence-corrected chi connectivity index (χ4v) is 6.88. The molecule has 0 unspecified atom stereocenters. The van der Waals surface area contributed by atoms with Crippen LogP contribution >= 0.6 is 23.7 Å². The summed E-state index contributed by atoms with van der Waals surface area (Å²) in [6.45, 7) is 6.63. The third-order valence-electron chi connectivity index (χ3n) is 6.51. The molecule has 1 aromatic heterocycles. The van der Waals surface area contributed by atoms with Crippen LogP contribution < -0.4 is 4.90 Å². The van der Waals surface area contributed by atoms with Crippen LogP contribution in [-0.4, -0.2) is 68.8 Å². The van der Waals surface area contributed by atoms with Gasteiger partial charge >= 0.3 is 0 Å². The number of hydrogen-bond acceptors (Lipinski definition) is 6. The molecule has 7 nitrogen and oxygen atoms in total. The lowest BCUT2D eigenvalue weighted by Crippen LogP contribution is -2.35. The number of sulfonamides is 1. The van der Waals surface area contributed by atoms with Gasteiger partial charge in [0, 0.05) is 25.2 Å². The third-order valence-corrected chi connectivity index (χ3v) is 9.46. The van der Waals surface area contributed by atoms with Crippen molar-refractivity contribution in [1.82, 2.24) is 14.2 Å². The highest BCUT2D eigenvalue weighted by Crippen LogP contribution is 2.32. The Morgan fingerprint density at radius 3 is 2.28 bits per heavy atom. The van der Waals surface area contributed by atoms with Gasteiger partial charge in [0.15, 0.2) is 5.13 Å². The maximum atomic E-state index is 13.6. The first-order chi connectivity index (χ1) is 16.7. The van der Waals surface area contributed by atoms with Crippen LogP contribution in [0.1, 0.15) is 47.2 Å². The second kappa shape index (κ2) is 12.0. The van der Waals surface area contributed by atoms with Crippen molar-refractivity contribution >= 4 is 55.0 Å². The fourth-order valence-electron chi connectivity index (χ4n) is 4.29. The Balaban J connectivity index is 0.00000361. The SMILES string of the molecule is Cc1cc2nc(N(CCCN(C)C)C(=O)c3ccc(S(=O)(=O)N4CCCCC4)cc3)sc2cc1C.Cl. The summed E-state index contributed by atoms with van der Waals surface area (Å²) in [5.41, 5.74) is 3.72. The molecule has 1 saturated heterocycles. The molecule has 1 aliphatic heterocycles. The van der Waals surface area contributed by atoms with Crippen LogP contribution in [0.25, 0.3) is 10.2 Å². The smallest absolute Gasteiger partial charge is 0.260 e. The van der Waals surface area contributed by atoms with Crippen molar-refractivity contribution in [1.29, 1.82) is 0 Å². The molecular weight excluding hydrogens is 516 g/mol. The lowest BCUT2D eigenvalue weighted by atomic mass is 10.1. The van der Waals surface area contributed by atoms with Crippen molar-refractivity contribution in [3.8, 4) is 0 Å². The molecule has 0 saturated carbocycles. The first-order valence-corrected chi connectivity index (χ1v) is 14.4. The molecule has 2 heterocycles. The molecule has 10 heteroatoms. The second-order valence-corrected chi connectivity index (χ2v) is 12.5. The minimum Gasteiger partial charge on any atom is -0.309 e. The van der Waals surface area contributed by atoms with E-state index in [1.165, 1.54) is 22.5 Å². The van der Waals surface area contributed by atoms with Crippen molar-refractivity contribution in [2.75, 3.05) is 45.2 Å². The van der Waals surface area contributed by atoms with E-state index in [-0.39, 0.29) is 23.2 Å². The van der Waals surface area contributed by atoms with Gasteiger partial charge < -0.3 is 4.90 Å². The van der Waals surface area contributed by atoms with E-state index in [0.29, 0.717) is 30.3 Å². The number of amides is 1. The number of nitrogens with zero attached hydrogens (tertiary/aromatic N) is 4. The minimum absolute atomic E-state index is 0. The monoisotopic (exact) mass is 550 g/mol. The van der Waals surface area contributed by atoms with E-state index in [2.05, 4.69) is 30.9 Å². The zero-order valence-electron chi connectivity index (χ0n) is 21.4. The van der Waals surface area contributed by atoms with Gasteiger partial charge in [-0.25, -0.2) is 13.4 Å². The molecule has 1 amide bonds. The summed E-state index contributed by atoms with van der Waals surface area (Å²) in [4.78, 5) is 22.5. The zero-order valence-corrected chi connectivity index (χ0v) is 23.8. The Hall–Kier alpha value is -2.04. The lowest BCUT2D eigenvalue weighted by Gasteiger charge is -2.26. The van der Waals surface area contributed by atoms with Gasteiger partial charge in [0.2, 0.25) is 10.0 Å².